The summed E-state index contributed by atoms with van der Waals surface area (Å²) in [5.41, 5.74) is 0. The van der Waals surface area contributed by atoms with E-state index < -0.39 is 11.4 Å². The molecule has 0 radical (unpaired) electrons. The molecule has 0 aromatic heterocycles. The highest BCUT2D eigenvalue weighted by molar-refractivity contribution is 8.77. The van der Waals surface area contributed by atoms with Crippen LogP contribution < -0.4 is 0 Å². The van der Waals surface area contributed by atoms with Crippen molar-refractivity contribution in [2.24, 2.45) is 5.92 Å². The average molecular weight is 232 g/mol. The van der Waals surface area contributed by atoms with Crippen LogP contribution in [0.2, 0.25) is 0 Å². The quantitative estimate of drug-likeness (QED) is 0.660. The molecule has 0 unspecified atom stereocenters. The number of hydrogen-bond acceptors (Lipinski definition) is 2. The van der Waals surface area contributed by atoms with Gasteiger partial charge in [0.1, 0.15) is 5.25 Å². The van der Waals surface area contributed by atoms with Crippen LogP contribution >= 0.6 is 21.6 Å². The van der Waals surface area contributed by atoms with E-state index in [0.717, 1.165) is 10.8 Å². The molecule has 5 heteroatoms. The molecule has 0 aromatic carbocycles. The van der Waals surface area contributed by atoms with Crippen molar-refractivity contribution in [3.8, 4) is 0 Å². The summed E-state index contributed by atoms with van der Waals surface area (Å²) in [5, 5.41) is -1.02. The smallest absolute Gasteiger partial charge is 0.170 e. The lowest BCUT2D eigenvalue weighted by Gasteiger charge is -2.23. The molecular weight excluding hydrogens is 217 g/mol. The van der Waals surface area contributed by atoms with Gasteiger partial charge in [0.15, 0.2) is 0 Å². The second-order valence-electron chi connectivity index (χ2n) is 3.45. The molecule has 0 saturated carbocycles. The minimum Gasteiger partial charge on any atom is -0.170 e. The summed E-state index contributed by atoms with van der Waals surface area (Å²) in [6, 6.07) is 0. The minimum absolute atomic E-state index is 0.230. The molecule has 0 rings (SSSR count). The third kappa shape index (κ3) is 5.73. The maximum absolute atomic E-state index is 12.4. The molecule has 0 N–H and O–H groups in total. The maximum atomic E-state index is 12.4. The molecule has 0 heterocycles. The van der Waals surface area contributed by atoms with Gasteiger partial charge in [-0.15, -0.1) is 0 Å². The Morgan fingerprint density at radius 3 is 1.62 bits per heavy atom. The lowest BCUT2D eigenvalue weighted by Crippen LogP contribution is -2.30. The molecule has 1 atom stereocenters. The molecule has 0 aliphatic carbocycles. The third-order valence-electron chi connectivity index (χ3n) is 1.28. The Bertz CT molecular complexity index is 143. The molecule has 0 fully saturated rings. The van der Waals surface area contributed by atoms with E-state index in [4.69, 9.17) is 0 Å². The average Bonchev–Trinajstić information content (AvgIpc) is 1.81. The molecule has 0 amide bonds. The molecule has 0 nitrogen and oxygen atoms in total. The van der Waals surface area contributed by atoms with E-state index in [1.54, 1.807) is 13.8 Å². The van der Waals surface area contributed by atoms with Gasteiger partial charge in [0.25, 0.3) is 0 Å². The van der Waals surface area contributed by atoms with Gasteiger partial charge in [-0.25, -0.2) is 0 Å². The molecule has 0 spiro atoms. The number of hydrogen-bond donors (Lipinski definition) is 0. The van der Waals surface area contributed by atoms with Gasteiger partial charge in [0, 0.05) is 5.25 Å². The summed E-state index contributed by atoms with van der Waals surface area (Å²) in [6.07, 6.45) is -4.08. The Balaban J connectivity index is 4.12. The van der Waals surface area contributed by atoms with Crippen LogP contribution in [0.3, 0.4) is 0 Å². The van der Waals surface area contributed by atoms with Crippen LogP contribution in [0.25, 0.3) is 0 Å². The Morgan fingerprint density at radius 1 is 0.923 bits per heavy atom. The van der Waals surface area contributed by atoms with Crippen molar-refractivity contribution >= 4 is 21.6 Å². The van der Waals surface area contributed by atoms with Crippen LogP contribution in [-0.2, 0) is 0 Å². The first-order valence-electron chi connectivity index (χ1n) is 4.14. The molecule has 0 aliphatic rings. The summed E-state index contributed by atoms with van der Waals surface area (Å²) < 4.78 is 37.2. The van der Waals surface area contributed by atoms with Gasteiger partial charge < -0.3 is 0 Å². The van der Waals surface area contributed by atoms with Crippen LogP contribution in [0.1, 0.15) is 27.7 Å². The zero-order chi connectivity index (χ0) is 10.6. The fourth-order valence-corrected chi connectivity index (χ4v) is 3.41. The van der Waals surface area contributed by atoms with E-state index >= 15 is 0 Å². The second-order valence-corrected chi connectivity index (χ2v) is 6.44. The van der Waals surface area contributed by atoms with Gasteiger partial charge in [-0.05, 0) is 5.92 Å². The molecular formula is C8H15F3S2. The summed E-state index contributed by atoms with van der Waals surface area (Å²) >= 11 is 0. The third-order valence-corrected chi connectivity index (χ3v) is 4.90. The lowest BCUT2D eigenvalue weighted by atomic mass is 10.1. The topological polar surface area (TPSA) is 0 Å². The summed E-state index contributed by atoms with van der Waals surface area (Å²) in [6.45, 7) is 6.99. The zero-order valence-corrected chi connectivity index (χ0v) is 9.82. The van der Waals surface area contributed by atoms with E-state index in [2.05, 4.69) is 0 Å². The van der Waals surface area contributed by atoms with Crippen molar-refractivity contribution in [3.05, 3.63) is 0 Å². The normalized spacial score (nSPS) is 15.5. The molecule has 0 aromatic rings. The predicted molar refractivity (Wildman–Crippen MR) is 55.0 cm³/mol. The highest BCUT2D eigenvalue weighted by Crippen LogP contribution is 2.42. The van der Waals surface area contributed by atoms with Crippen LogP contribution in [-0.4, -0.2) is 16.7 Å². The number of alkyl halides is 3. The summed E-state index contributed by atoms with van der Waals surface area (Å²) in [4.78, 5) is 0. The molecule has 0 bridgehead atoms. The van der Waals surface area contributed by atoms with Crippen molar-refractivity contribution in [1.82, 2.24) is 0 Å². The highest BCUT2D eigenvalue weighted by atomic mass is 33.1. The summed E-state index contributed by atoms with van der Waals surface area (Å²) in [5.74, 6) is -0.365. The van der Waals surface area contributed by atoms with Gasteiger partial charge in [0.05, 0.1) is 0 Å². The second kappa shape index (κ2) is 5.39. The van der Waals surface area contributed by atoms with Crippen LogP contribution in [0, 0.1) is 5.92 Å². The maximum Gasteiger partial charge on any atom is 0.401 e. The van der Waals surface area contributed by atoms with Gasteiger partial charge in [-0.1, -0.05) is 49.3 Å². The van der Waals surface area contributed by atoms with Gasteiger partial charge in [-0.3, -0.25) is 0 Å². The van der Waals surface area contributed by atoms with Gasteiger partial charge in [-0.2, -0.15) is 13.2 Å². The first-order valence-corrected chi connectivity index (χ1v) is 6.41. The number of halogens is 3. The Labute approximate surface area is 85.4 Å². The fraction of sp³-hybridized carbons (Fsp3) is 1.00. The standard InChI is InChI=1S/C8H15F3S2/c1-5(2)7(8(9,10)11)13-12-6(3)4/h5-7H,1-4H3/t7-/m1/s1. The minimum atomic E-state index is -4.08. The van der Waals surface area contributed by atoms with Gasteiger partial charge in [0.2, 0.25) is 0 Å². The number of rotatable bonds is 4. The zero-order valence-electron chi connectivity index (χ0n) is 8.18. The van der Waals surface area contributed by atoms with Crippen LogP contribution in [0.5, 0.6) is 0 Å². The Morgan fingerprint density at radius 2 is 1.38 bits per heavy atom. The van der Waals surface area contributed by atoms with Crippen molar-refractivity contribution in [1.29, 1.82) is 0 Å². The fourth-order valence-electron chi connectivity index (χ4n) is 0.715. The van der Waals surface area contributed by atoms with E-state index in [1.807, 2.05) is 13.8 Å². The van der Waals surface area contributed by atoms with Crippen LogP contribution in [0.4, 0.5) is 13.2 Å². The SMILES string of the molecule is CC(C)SS[C@H](C(C)C)C(F)(F)F. The highest BCUT2D eigenvalue weighted by Gasteiger charge is 2.42. The monoisotopic (exact) mass is 232 g/mol. The van der Waals surface area contributed by atoms with Gasteiger partial charge >= 0.3 is 6.18 Å². The largest absolute Gasteiger partial charge is 0.401 e. The van der Waals surface area contributed by atoms with Crippen molar-refractivity contribution in [3.63, 3.8) is 0 Å². The lowest BCUT2D eigenvalue weighted by molar-refractivity contribution is -0.135. The molecule has 80 valence electrons. The Kier molecular flexibility index (Phi) is 5.59. The van der Waals surface area contributed by atoms with E-state index in [0.29, 0.717) is 0 Å². The Hall–Kier alpha value is 0.490. The van der Waals surface area contributed by atoms with E-state index in [-0.39, 0.29) is 11.2 Å². The molecule has 0 aliphatic heterocycles. The first-order chi connectivity index (χ1) is 5.75. The van der Waals surface area contributed by atoms with E-state index in [9.17, 15) is 13.2 Å². The predicted octanol–water partition coefficient (Wildman–Crippen LogP) is 4.36. The van der Waals surface area contributed by atoms with Crippen LogP contribution in [0.15, 0.2) is 0 Å². The van der Waals surface area contributed by atoms with Crippen molar-refractivity contribution < 1.29 is 13.2 Å². The first kappa shape index (κ1) is 13.5. The molecule has 13 heavy (non-hydrogen) atoms. The van der Waals surface area contributed by atoms with Crippen molar-refractivity contribution in [2.75, 3.05) is 0 Å². The summed E-state index contributed by atoms with van der Waals surface area (Å²) in [7, 11) is 2.23. The van der Waals surface area contributed by atoms with E-state index in [1.165, 1.54) is 10.8 Å². The molecule has 0 saturated heterocycles. The van der Waals surface area contributed by atoms with Crippen molar-refractivity contribution in [2.45, 2.75) is 44.4 Å².